The molecule has 4 heterocycles. The molecule has 0 atom stereocenters. The van der Waals surface area contributed by atoms with E-state index in [2.05, 4.69) is 262 Å². The summed E-state index contributed by atoms with van der Waals surface area (Å²) in [6.07, 6.45) is 0. The molecule has 16 aromatic rings. The van der Waals surface area contributed by atoms with Crippen LogP contribution in [0.15, 0.2) is 249 Å². The maximum absolute atomic E-state index is 5.50. The molecule has 4 aromatic heterocycles. The molecule has 0 N–H and O–H groups in total. The molecule has 5 nitrogen and oxygen atoms in total. The van der Waals surface area contributed by atoms with Crippen LogP contribution in [0.5, 0.6) is 0 Å². The summed E-state index contributed by atoms with van der Waals surface area (Å²) in [4.78, 5) is 10.7. The van der Waals surface area contributed by atoms with Gasteiger partial charge in [-0.25, -0.2) is 9.97 Å². The van der Waals surface area contributed by atoms with Gasteiger partial charge in [0.1, 0.15) is 0 Å². The van der Waals surface area contributed by atoms with E-state index < -0.39 is 0 Å². The zero-order valence-corrected chi connectivity index (χ0v) is 39.4. The van der Waals surface area contributed by atoms with Gasteiger partial charge in [0, 0.05) is 71.0 Å². The third-order valence-electron chi connectivity index (χ3n) is 15.3. The van der Waals surface area contributed by atoms with Gasteiger partial charge in [-0.1, -0.05) is 182 Å². The van der Waals surface area contributed by atoms with Crippen molar-refractivity contribution in [3.63, 3.8) is 0 Å². The maximum Gasteiger partial charge on any atom is 0.160 e. The second kappa shape index (κ2) is 15.3. The molecule has 0 bridgehead atoms. The summed E-state index contributed by atoms with van der Waals surface area (Å²) in [6, 6.07) is 90.3. The minimum Gasteiger partial charge on any atom is -0.309 e. The number of aromatic nitrogens is 5. The van der Waals surface area contributed by atoms with Crippen LogP contribution in [-0.2, 0) is 0 Å². The molecule has 16 rings (SSSR count). The van der Waals surface area contributed by atoms with Crippen molar-refractivity contribution in [1.29, 1.82) is 0 Å². The Morgan fingerprint density at radius 2 is 0.877 bits per heavy atom. The first-order valence-electron chi connectivity index (χ1n) is 25.0. The molecule has 0 saturated heterocycles. The highest BCUT2D eigenvalue weighted by molar-refractivity contribution is 6.25. The first kappa shape index (κ1) is 39.9. The van der Waals surface area contributed by atoms with E-state index in [0.29, 0.717) is 5.82 Å². The van der Waals surface area contributed by atoms with Crippen molar-refractivity contribution in [2.24, 2.45) is 0 Å². The number of nitrogens with zero attached hydrogens (tertiary/aromatic N) is 5. The lowest BCUT2D eigenvalue weighted by atomic mass is 9.99. The third-order valence-corrected chi connectivity index (χ3v) is 15.3. The minimum atomic E-state index is 0.697. The van der Waals surface area contributed by atoms with Crippen molar-refractivity contribution in [2.75, 3.05) is 0 Å². The number of benzene rings is 12. The Labute approximate surface area is 418 Å². The summed E-state index contributed by atoms with van der Waals surface area (Å²) in [5, 5.41) is 15.5. The Morgan fingerprint density at radius 3 is 1.68 bits per heavy atom. The second-order valence-corrected chi connectivity index (χ2v) is 19.3. The predicted octanol–water partition coefficient (Wildman–Crippen LogP) is 17.7. The van der Waals surface area contributed by atoms with Gasteiger partial charge < -0.3 is 13.7 Å². The molecule has 0 aliphatic carbocycles. The molecule has 0 radical (unpaired) electrons. The predicted molar refractivity (Wildman–Crippen MR) is 306 cm³/mol. The van der Waals surface area contributed by atoms with E-state index in [-0.39, 0.29) is 0 Å². The van der Waals surface area contributed by atoms with E-state index in [0.717, 1.165) is 71.9 Å². The van der Waals surface area contributed by atoms with Gasteiger partial charge in [-0.2, -0.15) is 0 Å². The number of rotatable bonds is 5. The zero-order valence-electron chi connectivity index (χ0n) is 39.4. The molecule has 5 heteroatoms. The van der Waals surface area contributed by atoms with Gasteiger partial charge in [0.05, 0.1) is 50.0 Å². The number of para-hydroxylation sites is 5. The first-order valence-corrected chi connectivity index (χ1v) is 25.0. The van der Waals surface area contributed by atoms with E-state index in [1.807, 2.05) is 0 Å². The van der Waals surface area contributed by atoms with Crippen LogP contribution in [0, 0.1) is 0 Å². The molecule has 73 heavy (non-hydrogen) atoms. The molecular formula is C68H41N5. The Morgan fingerprint density at radius 1 is 0.288 bits per heavy atom. The van der Waals surface area contributed by atoms with Crippen LogP contribution < -0.4 is 0 Å². The summed E-state index contributed by atoms with van der Waals surface area (Å²) in [5.41, 5.74) is 14.4. The third kappa shape index (κ3) is 5.79. The molecular weight excluding hydrogens is 887 g/mol. The number of fused-ring (bicyclic) bond motifs is 14. The minimum absolute atomic E-state index is 0.697. The van der Waals surface area contributed by atoms with E-state index in [4.69, 9.17) is 9.97 Å². The highest BCUT2D eigenvalue weighted by Gasteiger charge is 2.24. The van der Waals surface area contributed by atoms with Crippen LogP contribution in [-0.4, -0.2) is 23.7 Å². The molecule has 0 unspecified atom stereocenters. The molecule has 0 aliphatic rings. The molecule has 0 aliphatic heterocycles. The topological polar surface area (TPSA) is 40.6 Å². The van der Waals surface area contributed by atoms with Crippen LogP contribution in [0.2, 0.25) is 0 Å². The van der Waals surface area contributed by atoms with E-state index in [1.54, 1.807) is 0 Å². The lowest BCUT2D eigenvalue weighted by Gasteiger charge is -2.16. The molecule has 0 saturated carbocycles. The molecule has 0 amide bonds. The fourth-order valence-electron chi connectivity index (χ4n) is 12.2. The van der Waals surface area contributed by atoms with E-state index >= 15 is 0 Å². The maximum atomic E-state index is 5.50. The molecule has 338 valence electrons. The average Bonchev–Trinajstić information content (AvgIpc) is 4.11. The van der Waals surface area contributed by atoms with Gasteiger partial charge in [-0.15, -0.1) is 0 Å². The summed E-state index contributed by atoms with van der Waals surface area (Å²) in [6.45, 7) is 0. The van der Waals surface area contributed by atoms with Gasteiger partial charge in [0.25, 0.3) is 0 Å². The normalized spacial score (nSPS) is 12.1. The lowest BCUT2D eigenvalue weighted by Crippen LogP contribution is -1.99. The SMILES string of the molecule is c1ccc(-n2c3ccccc3c3c(-c4nc(-c5ccc6cc(-n7c8ccccc8c8c(-n9c%10ccccc%10c%10ccc%11ccccc%11c%109)c9ccccc9cc87)ccc6c5)nc5ccccc45)cccc32)cc1. The van der Waals surface area contributed by atoms with Crippen LogP contribution in [0.25, 0.3) is 148 Å². The van der Waals surface area contributed by atoms with Gasteiger partial charge in [-0.3, -0.25) is 0 Å². The van der Waals surface area contributed by atoms with Crippen LogP contribution in [0.1, 0.15) is 0 Å². The Kier molecular flexibility index (Phi) is 8.39. The van der Waals surface area contributed by atoms with E-state index in [9.17, 15) is 0 Å². The van der Waals surface area contributed by atoms with E-state index in [1.165, 1.54) is 70.6 Å². The monoisotopic (exact) mass is 927 g/mol. The van der Waals surface area contributed by atoms with Crippen molar-refractivity contribution in [1.82, 2.24) is 23.7 Å². The summed E-state index contributed by atoms with van der Waals surface area (Å²) in [5.74, 6) is 0.697. The lowest BCUT2D eigenvalue weighted by molar-refractivity contribution is 1.18. The van der Waals surface area contributed by atoms with Gasteiger partial charge in [0.2, 0.25) is 0 Å². The Hall–Kier alpha value is -9.84. The summed E-state index contributed by atoms with van der Waals surface area (Å²) in [7, 11) is 0. The van der Waals surface area contributed by atoms with Gasteiger partial charge in [0.15, 0.2) is 5.82 Å². The Balaban J connectivity index is 0.888. The fourth-order valence-corrected chi connectivity index (χ4v) is 12.2. The van der Waals surface area contributed by atoms with Crippen LogP contribution in [0.3, 0.4) is 0 Å². The quantitative estimate of drug-likeness (QED) is 0.173. The Bertz CT molecular complexity index is 4980. The van der Waals surface area contributed by atoms with Crippen molar-refractivity contribution in [2.45, 2.75) is 0 Å². The first-order chi connectivity index (χ1) is 36.2. The highest BCUT2D eigenvalue weighted by Crippen LogP contribution is 2.46. The smallest absolute Gasteiger partial charge is 0.160 e. The van der Waals surface area contributed by atoms with Gasteiger partial charge >= 0.3 is 0 Å². The largest absolute Gasteiger partial charge is 0.309 e. The highest BCUT2D eigenvalue weighted by atomic mass is 15.0. The molecule has 0 spiro atoms. The summed E-state index contributed by atoms with van der Waals surface area (Å²) < 4.78 is 7.39. The van der Waals surface area contributed by atoms with Crippen molar-refractivity contribution < 1.29 is 0 Å². The number of hydrogen-bond donors (Lipinski definition) is 0. The zero-order chi connectivity index (χ0) is 47.7. The van der Waals surface area contributed by atoms with Crippen molar-refractivity contribution in [3.8, 4) is 39.7 Å². The number of hydrogen-bond acceptors (Lipinski definition) is 2. The standard InChI is InChI=1S/C68H41N5/c1-2-19-47(20-3-1)71-59-30-14-10-25-54(59)63-56(27-16-32-61(63)71)65-53-24-8-12-28-57(53)69-68(70-65)46-34-33-44-40-48(37-35-43(44)39-46)72-60-31-15-11-26-55(60)64-62(72)41-45-18-5-7-22-50(45)67(64)73-58-29-13-9-23-51(58)52-38-36-42-17-4-6-21-49(42)66(52)73/h1-41H. The molecule has 12 aromatic carbocycles. The fraction of sp³-hybridized carbons (Fsp3) is 0. The second-order valence-electron chi connectivity index (χ2n) is 19.3. The van der Waals surface area contributed by atoms with Gasteiger partial charge in [-0.05, 0) is 88.3 Å². The van der Waals surface area contributed by atoms with Crippen molar-refractivity contribution >= 4 is 109 Å². The summed E-state index contributed by atoms with van der Waals surface area (Å²) >= 11 is 0. The van der Waals surface area contributed by atoms with Crippen molar-refractivity contribution in [3.05, 3.63) is 249 Å². The molecule has 0 fully saturated rings. The van der Waals surface area contributed by atoms with Crippen LogP contribution >= 0.6 is 0 Å². The van der Waals surface area contributed by atoms with Crippen LogP contribution in [0.4, 0.5) is 0 Å². The average molecular weight is 928 g/mol.